The molecule has 4 heteroatoms. The lowest BCUT2D eigenvalue weighted by atomic mass is 10.2. The molecule has 1 atom stereocenters. The predicted molar refractivity (Wildman–Crippen MR) is 64.3 cm³/mol. The fourth-order valence-electron chi connectivity index (χ4n) is 2.11. The Labute approximate surface area is 95.5 Å². The summed E-state index contributed by atoms with van der Waals surface area (Å²) in [6.45, 7) is 8.91. The van der Waals surface area contributed by atoms with E-state index in [1.54, 1.807) is 0 Å². The molecule has 0 radical (unpaired) electrons. The second-order valence-corrected chi connectivity index (χ2v) is 5.29. The average molecular weight is 225 g/mol. The summed E-state index contributed by atoms with van der Waals surface area (Å²) < 4.78 is 0. The van der Waals surface area contributed by atoms with Gasteiger partial charge in [0, 0.05) is 37.3 Å². The number of aromatic nitrogens is 1. The normalized spacial score (nSPS) is 20.4. The fourth-order valence-corrected chi connectivity index (χ4v) is 3.10. The zero-order valence-corrected chi connectivity index (χ0v) is 10.3. The molecule has 0 aromatic carbocycles. The van der Waals surface area contributed by atoms with Crippen LogP contribution in [-0.2, 0) is 0 Å². The minimum Gasteiger partial charge on any atom is -0.314 e. The number of thiazole rings is 1. The van der Waals surface area contributed by atoms with Crippen molar-refractivity contribution >= 4 is 11.3 Å². The molecule has 3 nitrogen and oxygen atoms in total. The molecular weight excluding hydrogens is 206 g/mol. The number of hydrogen-bond donors (Lipinski definition) is 1. The predicted octanol–water partition coefficient (Wildman–Crippen LogP) is 1.81. The van der Waals surface area contributed by atoms with Gasteiger partial charge in [0.05, 0.1) is 6.04 Å². The van der Waals surface area contributed by atoms with Crippen molar-refractivity contribution in [2.45, 2.75) is 26.3 Å². The van der Waals surface area contributed by atoms with Gasteiger partial charge in [-0.05, 0) is 13.3 Å². The SMILES string of the molecule is CCC(c1ncc(C)s1)N1CCNCC1. The van der Waals surface area contributed by atoms with E-state index in [0.717, 1.165) is 32.6 Å². The van der Waals surface area contributed by atoms with E-state index >= 15 is 0 Å². The summed E-state index contributed by atoms with van der Waals surface area (Å²) in [5, 5.41) is 4.68. The molecule has 0 amide bonds. The van der Waals surface area contributed by atoms with Gasteiger partial charge in [-0.15, -0.1) is 11.3 Å². The number of nitrogens with zero attached hydrogens (tertiary/aromatic N) is 2. The Bertz CT molecular complexity index is 305. The van der Waals surface area contributed by atoms with Gasteiger partial charge in [-0.25, -0.2) is 4.98 Å². The number of nitrogens with one attached hydrogen (secondary N) is 1. The number of piperazine rings is 1. The van der Waals surface area contributed by atoms with Crippen LogP contribution in [0.4, 0.5) is 0 Å². The third-order valence-corrected chi connectivity index (χ3v) is 3.92. The second kappa shape index (κ2) is 5.05. The minimum atomic E-state index is 0.533. The van der Waals surface area contributed by atoms with E-state index in [0.29, 0.717) is 6.04 Å². The standard InChI is InChI=1S/C11H19N3S/c1-3-10(11-13-8-9(2)15-11)14-6-4-12-5-7-14/h8,10,12H,3-7H2,1-2H3. The lowest BCUT2D eigenvalue weighted by molar-refractivity contribution is 0.169. The van der Waals surface area contributed by atoms with Crippen LogP contribution in [0.25, 0.3) is 0 Å². The molecule has 15 heavy (non-hydrogen) atoms. The molecule has 0 bridgehead atoms. The van der Waals surface area contributed by atoms with E-state index in [-0.39, 0.29) is 0 Å². The van der Waals surface area contributed by atoms with Crippen LogP contribution in [0.15, 0.2) is 6.20 Å². The maximum Gasteiger partial charge on any atom is 0.110 e. The van der Waals surface area contributed by atoms with Gasteiger partial charge < -0.3 is 5.32 Å². The van der Waals surface area contributed by atoms with Gasteiger partial charge in [0.15, 0.2) is 0 Å². The highest BCUT2D eigenvalue weighted by Crippen LogP contribution is 2.27. The molecule has 1 aliphatic rings. The third-order valence-electron chi connectivity index (χ3n) is 2.90. The molecule has 1 unspecified atom stereocenters. The number of aryl methyl sites for hydroxylation is 1. The van der Waals surface area contributed by atoms with Crippen LogP contribution >= 0.6 is 11.3 Å². The first-order valence-corrected chi connectivity index (χ1v) is 6.50. The lowest BCUT2D eigenvalue weighted by Gasteiger charge is -2.33. The summed E-state index contributed by atoms with van der Waals surface area (Å²) in [6, 6.07) is 0.533. The Kier molecular flexibility index (Phi) is 3.72. The Morgan fingerprint density at radius 1 is 1.53 bits per heavy atom. The van der Waals surface area contributed by atoms with Crippen molar-refractivity contribution < 1.29 is 0 Å². The van der Waals surface area contributed by atoms with Gasteiger partial charge >= 0.3 is 0 Å². The van der Waals surface area contributed by atoms with Gasteiger partial charge in [0.25, 0.3) is 0 Å². The first kappa shape index (κ1) is 11.0. The zero-order valence-electron chi connectivity index (χ0n) is 9.49. The van der Waals surface area contributed by atoms with Crippen LogP contribution < -0.4 is 5.32 Å². The van der Waals surface area contributed by atoms with Crippen molar-refractivity contribution in [1.29, 1.82) is 0 Å². The molecule has 1 aromatic rings. The Balaban J connectivity index is 2.08. The van der Waals surface area contributed by atoms with E-state index in [4.69, 9.17) is 0 Å². The maximum absolute atomic E-state index is 4.52. The number of rotatable bonds is 3. The topological polar surface area (TPSA) is 28.2 Å². The van der Waals surface area contributed by atoms with Crippen LogP contribution in [0.3, 0.4) is 0 Å². The summed E-state index contributed by atoms with van der Waals surface area (Å²) in [7, 11) is 0. The summed E-state index contributed by atoms with van der Waals surface area (Å²) in [4.78, 5) is 8.39. The van der Waals surface area contributed by atoms with Crippen molar-refractivity contribution in [3.63, 3.8) is 0 Å². The van der Waals surface area contributed by atoms with Crippen LogP contribution in [0.5, 0.6) is 0 Å². The highest BCUT2D eigenvalue weighted by molar-refractivity contribution is 7.11. The smallest absolute Gasteiger partial charge is 0.110 e. The van der Waals surface area contributed by atoms with Gasteiger partial charge in [-0.1, -0.05) is 6.92 Å². The van der Waals surface area contributed by atoms with Gasteiger partial charge in [0.2, 0.25) is 0 Å². The zero-order chi connectivity index (χ0) is 10.7. The van der Waals surface area contributed by atoms with E-state index in [1.165, 1.54) is 9.88 Å². The van der Waals surface area contributed by atoms with Crippen LogP contribution in [0.1, 0.15) is 29.3 Å². The third kappa shape index (κ3) is 2.56. The number of hydrogen-bond acceptors (Lipinski definition) is 4. The first-order chi connectivity index (χ1) is 7.31. The second-order valence-electron chi connectivity index (χ2n) is 4.02. The van der Waals surface area contributed by atoms with Crippen molar-refractivity contribution in [1.82, 2.24) is 15.2 Å². The van der Waals surface area contributed by atoms with Gasteiger partial charge in [0.1, 0.15) is 5.01 Å². The molecule has 2 heterocycles. The molecule has 1 fully saturated rings. The van der Waals surface area contributed by atoms with Crippen molar-refractivity contribution in [2.75, 3.05) is 26.2 Å². The fraction of sp³-hybridized carbons (Fsp3) is 0.727. The Morgan fingerprint density at radius 3 is 2.80 bits per heavy atom. The van der Waals surface area contributed by atoms with Crippen LogP contribution in [0, 0.1) is 6.92 Å². The van der Waals surface area contributed by atoms with E-state index in [2.05, 4.69) is 29.0 Å². The van der Waals surface area contributed by atoms with Crippen LogP contribution in [0.2, 0.25) is 0 Å². The van der Waals surface area contributed by atoms with E-state index in [9.17, 15) is 0 Å². The first-order valence-electron chi connectivity index (χ1n) is 5.68. The highest BCUT2D eigenvalue weighted by atomic mass is 32.1. The van der Waals surface area contributed by atoms with Crippen molar-refractivity contribution in [3.8, 4) is 0 Å². The molecule has 1 aromatic heterocycles. The summed E-state index contributed by atoms with van der Waals surface area (Å²) >= 11 is 1.84. The monoisotopic (exact) mass is 225 g/mol. The van der Waals surface area contributed by atoms with Gasteiger partial charge in [-0.3, -0.25) is 4.90 Å². The van der Waals surface area contributed by atoms with Gasteiger partial charge in [-0.2, -0.15) is 0 Å². The molecule has 0 aliphatic carbocycles. The van der Waals surface area contributed by atoms with Crippen molar-refractivity contribution in [3.05, 3.63) is 16.1 Å². The molecule has 1 saturated heterocycles. The molecule has 0 spiro atoms. The quantitative estimate of drug-likeness (QED) is 0.850. The van der Waals surface area contributed by atoms with Crippen LogP contribution in [-0.4, -0.2) is 36.1 Å². The molecule has 84 valence electrons. The summed E-state index contributed by atoms with van der Waals surface area (Å²) in [5.41, 5.74) is 0. The molecule has 0 saturated carbocycles. The molecule has 1 N–H and O–H groups in total. The van der Waals surface area contributed by atoms with E-state index < -0.39 is 0 Å². The van der Waals surface area contributed by atoms with Crippen molar-refractivity contribution in [2.24, 2.45) is 0 Å². The minimum absolute atomic E-state index is 0.533. The summed E-state index contributed by atoms with van der Waals surface area (Å²) in [6.07, 6.45) is 3.15. The lowest BCUT2D eigenvalue weighted by Crippen LogP contribution is -2.45. The Hall–Kier alpha value is -0.450. The Morgan fingerprint density at radius 2 is 2.27 bits per heavy atom. The molecule has 1 aliphatic heterocycles. The van der Waals surface area contributed by atoms with E-state index in [1.807, 2.05) is 17.5 Å². The molecule has 2 rings (SSSR count). The average Bonchev–Trinajstić information content (AvgIpc) is 2.68. The summed E-state index contributed by atoms with van der Waals surface area (Å²) in [5.74, 6) is 0. The highest BCUT2D eigenvalue weighted by Gasteiger charge is 2.22. The molecular formula is C11H19N3S. The maximum atomic E-state index is 4.52. The largest absolute Gasteiger partial charge is 0.314 e.